The largest absolute Gasteiger partial charge is 0.454 e. The van der Waals surface area contributed by atoms with Gasteiger partial charge in [-0.05, 0) is 24.6 Å². The second-order valence-corrected chi connectivity index (χ2v) is 4.41. The molecule has 0 spiro atoms. The number of hydrogen-bond donors (Lipinski definition) is 2. The lowest BCUT2D eigenvalue weighted by Crippen LogP contribution is -2.05. The van der Waals surface area contributed by atoms with Gasteiger partial charge in [-0.15, -0.1) is 5.10 Å². The fourth-order valence-corrected chi connectivity index (χ4v) is 2.19. The van der Waals surface area contributed by atoms with Crippen molar-refractivity contribution in [2.24, 2.45) is 0 Å². The second-order valence-electron chi connectivity index (χ2n) is 4.41. The summed E-state index contributed by atoms with van der Waals surface area (Å²) in [6.07, 6.45) is 0.575. The van der Waals surface area contributed by atoms with Gasteiger partial charge in [0, 0.05) is 18.7 Å². The standard InChI is InChI=1S/C13H15N3O4/c17-5-1-4-16-13(10(7-18)14-15-16)9-2-3-11-12(6-9)20-8-19-11/h2-3,6,17-18H,1,4-5,7-8H2. The average Bonchev–Trinajstić information content (AvgIpc) is 3.10. The van der Waals surface area contributed by atoms with Gasteiger partial charge in [-0.1, -0.05) is 5.21 Å². The molecule has 0 saturated carbocycles. The highest BCUT2D eigenvalue weighted by atomic mass is 16.7. The van der Waals surface area contributed by atoms with E-state index < -0.39 is 0 Å². The average molecular weight is 277 g/mol. The summed E-state index contributed by atoms with van der Waals surface area (Å²) in [6.45, 7) is 0.638. The Morgan fingerprint density at radius 1 is 1.20 bits per heavy atom. The highest BCUT2D eigenvalue weighted by Crippen LogP contribution is 2.36. The number of fused-ring (bicyclic) bond motifs is 1. The summed E-state index contributed by atoms with van der Waals surface area (Å²) in [4.78, 5) is 0. The third-order valence-corrected chi connectivity index (χ3v) is 3.13. The number of aliphatic hydroxyl groups excluding tert-OH is 2. The van der Waals surface area contributed by atoms with Gasteiger partial charge in [0.1, 0.15) is 5.69 Å². The Hall–Kier alpha value is -2.12. The molecule has 3 rings (SSSR count). The quantitative estimate of drug-likeness (QED) is 0.829. The van der Waals surface area contributed by atoms with Crippen molar-refractivity contribution in [2.75, 3.05) is 13.4 Å². The van der Waals surface area contributed by atoms with E-state index in [1.165, 1.54) is 0 Å². The van der Waals surface area contributed by atoms with Crippen LogP contribution in [0.4, 0.5) is 0 Å². The third-order valence-electron chi connectivity index (χ3n) is 3.13. The second kappa shape index (κ2) is 5.48. The highest BCUT2D eigenvalue weighted by Gasteiger charge is 2.19. The first kappa shape index (κ1) is 12.9. The Labute approximate surface area is 115 Å². The van der Waals surface area contributed by atoms with Gasteiger partial charge in [-0.3, -0.25) is 0 Å². The summed E-state index contributed by atoms with van der Waals surface area (Å²) >= 11 is 0. The fourth-order valence-electron chi connectivity index (χ4n) is 2.19. The van der Waals surface area contributed by atoms with Gasteiger partial charge in [0.15, 0.2) is 11.5 Å². The molecule has 1 aromatic carbocycles. The van der Waals surface area contributed by atoms with Gasteiger partial charge in [0.25, 0.3) is 0 Å². The van der Waals surface area contributed by atoms with Crippen LogP contribution in [0.25, 0.3) is 11.3 Å². The first-order chi connectivity index (χ1) is 9.83. The first-order valence-corrected chi connectivity index (χ1v) is 6.37. The molecule has 0 unspecified atom stereocenters. The maximum absolute atomic E-state index is 9.39. The zero-order valence-corrected chi connectivity index (χ0v) is 10.8. The lowest BCUT2D eigenvalue weighted by molar-refractivity contribution is 0.174. The van der Waals surface area contributed by atoms with Gasteiger partial charge in [-0.25, -0.2) is 4.68 Å². The summed E-state index contributed by atoms with van der Waals surface area (Å²) in [5.74, 6) is 1.37. The minimum atomic E-state index is -0.192. The van der Waals surface area contributed by atoms with Gasteiger partial charge in [-0.2, -0.15) is 0 Å². The van der Waals surface area contributed by atoms with Crippen molar-refractivity contribution < 1.29 is 19.7 Å². The smallest absolute Gasteiger partial charge is 0.231 e. The number of nitrogens with zero attached hydrogens (tertiary/aromatic N) is 3. The van der Waals surface area contributed by atoms with E-state index >= 15 is 0 Å². The fraction of sp³-hybridized carbons (Fsp3) is 0.385. The van der Waals surface area contributed by atoms with Crippen molar-refractivity contribution in [3.8, 4) is 22.8 Å². The molecule has 0 atom stereocenters. The van der Waals surface area contributed by atoms with Crippen LogP contribution in [-0.2, 0) is 13.2 Å². The summed E-state index contributed by atoms with van der Waals surface area (Å²) in [6, 6.07) is 5.54. The van der Waals surface area contributed by atoms with E-state index in [1.807, 2.05) is 18.2 Å². The van der Waals surface area contributed by atoms with Gasteiger partial charge < -0.3 is 19.7 Å². The van der Waals surface area contributed by atoms with Crippen molar-refractivity contribution in [3.05, 3.63) is 23.9 Å². The van der Waals surface area contributed by atoms with Crippen molar-refractivity contribution in [1.29, 1.82) is 0 Å². The molecular formula is C13H15N3O4. The predicted molar refractivity (Wildman–Crippen MR) is 69.2 cm³/mol. The Kier molecular flexibility index (Phi) is 3.53. The third kappa shape index (κ3) is 2.21. The number of ether oxygens (including phenoxy) is 2. The summed E-state index contributed by atoms with van der Waals surface area (Å²) in [5.41, 5.74) is 2.09. The van der Waals surface area contributed by atoms with E-state index in [1.54, 1.807) is 4.68 Å². The van der Waals surface area contributed by atoms with Crippen LogP contribution in [0.15, 0.2) is 18.2 Å². The number of rotatable bonds is 5. The number of aromatic nitrogens is 3. The molecule has 20 heavy (non-hydrogen) atoms. The number of aryl methyl sites for hydroxylation is 1. The van der Waals surface area contributed by atoms with Crippen LogP contribution in [0.5, 0.6) is 11.5 Å². The molecule has 0 bridgehead atoms. The molecule has 1 aliphatic rings. The van der Waals surface area contributed by atoms with Crippen LogP contribution in [-0.4, -0.2) is 38.6 Å². The maximum atomic E-state index is 9.39. The van der Waals surface area contributed by atoms with Crippen molar-refractivity contribution >= 4 is 0 Å². The molecule has 0 fully saturated rings. The zero-order valence-electron chi connectivity index (χ0n) is 10.8. The summed E-state index contributed by atoms with van der Waals surface area (Å²) < 4.78 is 12.3. The maximum Gasteiger partial charge on any atom is 0.231 e. The van der Waals surface area contributed by atoms with Crippen LogP contribution < -0.4 is 9.47 Å². The van der Waals surface area contributed by atoms with E-state index in [4.69, 9.17) is 14.6 Å². The minimum Gasteiger partial charge on any atom is -0.454 e. The molecule has 2 N–H and O–H groups in total. The summed E-state index contributed by atoms with van der Waals surface area (Å²) in [7, 11) is 0. The lowest BCUT2D eigenvalue weighted by atomic mass is 10.1. The topological polar surface area (TPSA) is 89.6 Å². The Morgan fingerprint density at radius 3 is 2.85 bits per heavy atom. The Bertz CT molecular complexity index is 612. The molecule has 7 nitrogen and oxygen atoms in total. The van der Waals surface area contributed by atoms with E-state index in [2.05, 4.69) is 10.3 Å². The van der Waals surface area contributed by atoms with Crippen molar-refractivity contribution in [1.82, 2.24) is 15.0 Å². The zero-order chi connectivity index (χ0) is 13.9. The van der Waals surface area contributed by atoms with Crippen LogP contribution in [0.1, 0.15) is 12.1 Å². The van der Waals surface area contributed by atoms with Crippen molar-refractivity contribution in [3.63, 3.8) is 0 Å². The number of aliphatic hydroxyl groups is 2. The SMILES string of the molecule is OCCCn1nnc(CO)c1-c1ccc2c(c1)OCO2. The molecule has 106 valence electrons. The molecule has 2 aromatic rings. The Morgan fingerprint density at radius 2 is 2.05 bits per heavy atom. The summed E-state index contributed by atoms with van der Waals surface area (Å²) in [5, 5.41) is 26.3. The highest BCUT2D eigenvalue weighted by molar-refractivity contribution is 5.66. The van der Waals surface area contributed by atoms with Gasteiger partial charge >= 0.3 is 0 Å². The van der Waals surface area contributed by atoms with Crippen LogP contribution in [0, 0.1) is 0 Å². The minimum absolute atomic E-state index is 0.0783. The van der Waals surface area contributed by atoms with Gasteiger partial charge in [0.05, 0.1) is 12.3 Å². The van der Waals surface area contributed by atoms with E-state index in [9.17, 15) is 5.11 Å². The van der Waals surface area contributed by atoms with Crippen LogP contribution in [0.3, 0.4) is 0 Å². The molecule has 0 saturated heterocycles. The molecule has 0 radical (unpaired) electrons. The molecule has 1 aliphatic heterocycles. The molecule has 0 amide bonds. The number of hydrogen-bond acceptors (Lipinski definition) is 6. The lowest BCUT2D eigenvalue weighted by Gasteiger charge is -2.08. The van der Waals surface area contributed by atoms with Crippen LogP contribution >= 0.6 is 0 Å². The van der Waals surface area contributed by atoms with E-state index in [0.29, 0.717) is 30.2 Å². The van der Waals surface area contributed by atoms with Gasteiger partial charge in [0.2, 0.25) is 6.79 Å². The number of benzene rings is 1. The molecular weight excluding hydrogens is 262 g/mol. The Balaban J connectivity index is 2.01. The van der Waals surface area contributed by atoms with Crippen LogP contribution in [0.2, 0.25) is 0 Å². The first-order valence-electron chi connectivity index (χ1n) is 6.37. The van der Waals surface area contributed by atoms with E-state index in [-0.39, 0.29) is 20.0 Å². The molecule has 1 aromatic heterocycles. The van der Waals surface area contributed by atoms with E-state index in [0.717, 1.165) is 11.3 Å². The van der Waals surface area contributed by atoms with Crippen molar-refractivity contribution in [2.45, 2.75) is 19.6 Å². The molecule has 2 heterocycles. The predicted octanol–water partition coefficient (Wildman–Crippen LogP) is 0.548. The monoisotopic (exact) mass is 277 g/mol. The molecule has 7 heteroatoms. The molecule has 0 aliphatic carbocycles. The normalized spacial score (nSPS) is 12.9.